The second-order valence-electron chi connectivity index (χ2n) is 4.70. The minimum absolute atomic E-state index is 0.0726. The molecule has 0 saturated carbocycles. The van der Waals surface area contributed by atoms with Crippen LogP contribution in [0.5, 0.6) is 0 Å². The first-order chi connectivity index (χ1) is 8.79. The standard InChI is InChI=1S/C13H21N3O2/c1-2-3-4-13(17)15-11-9-14-16(10-11)12-5-7-18-8-6-12/h9-10,12H,2-8H2,1H3,(H,15,17). The molecule has 0 bridgehead atoms. The highest BCUT2D eigenvalue weighted by Crippen LogP contribution is 2.21. The van der Waals surface area contributed by atoms with Gasteiger partial charge in [-0.25, -0.2) is 0 Å². The monoisotopic (exact) mass is 251 g/mol. The van der Waals surface area contributed by atoms with Crippen LogP contribution in [0.25, 0.3) is 0 Å². The molecule has 1 saturated heterocycles. The number of nitrogens with zero attached hydrogens (tertiary/aromatic N) is 2. The molecular formula is C13H21N3O2. The van der Waals surface area contributed by atoms with E-state index in [0.717, 1.165) is 44.6 Å². The van der Waals surface area contributed by atoms with E-state index in [2.05, 4.69) is 17.3 Å². The number of aromatic nitrogens is 2. The summed E-state index contributed by atoms with van der Waals surface area (Å²) in [6.45, 7) is 3.67. The molecule has 0 aliphatic carbocycles. The molecule has 0 atom stereocenters. The second kappa shape index (κ2) is 6.54. The lowest BCUT2D eigenvalue weighted by molar-refractivity contribution is -0.116. The third kappa shape index (κ3) is 3.57. The van der Waals surface area contributed by atoms with E-state index in [4.69, 9.17) is 4.74 Å². The number of carbonyl (C=O) groups is 1. The van der Waals surface area contributed by atoms with Gasteiger partial charge in [0.15, 0.2) is 0 Å². The molecular weight excluding hydrogens is 230 g/mol. The van der Waals surface area contributed by atoms with E-state index < -0.39 is 0 Å². The normalized spacial score (nSPS) is 16.7. The number of amides is 1. The highest BCUT2D eigenvalue weighted by molar-refractivity contribution is 5.90. The molecule has 2 rings (SSSR count). The van der Waals surface area contributed by atoms with E-state index in [9.17, 15) is 4.79 Å². The molecule has 5 heteroatoms. The number of unbranched alkanes of at least 4 members (excludes halogenated alkanes) is 1. The summed E-state index contributed by atoms with van der Waals surface area (Å²) in [6, 6.07) is 0.403. The van der Waals surface area contributed by atoms with Crippen LogP contribution < -0.4 is 5.32 Å². The van der Waals surface area contributed by atoms with Crippen LogP contribution in [-0.4, -0.2) is 28.9 Å². The zero-order chi connectivity index (χ0) is 12.8. The van der Waals surface area contributed by atoms with E-state index in [1.165, 1.54) is 0 Å². The Morgan fingerprint density at radius 2 is 2.33 bits per heavy atom. The maximum Gasteiger partial charge on any atom is 0.224 e. The molecule has 1 aromatic rings. The molecule has 0 spiro atoms. The van der Waals surface area contributed by atoms with Crippen molar-refractivity contribution in [2.24, 2.45) is 0 Å². The van der Waals surface area contributed by atoms with Gasteiger partial charge < -0.3 is 10.1 Å². The number of anilines is 1. The van der Waals surface area contributed by atoms with Crippen LogP contribution in [0.15, 0.2) is 12.4 Å². The average Bonchev–Trinajstić information content (AvgIpc) is 2.86. The van der Waals surface area contributed by atoms with E-state index in [1.807, 2.05) is 10.9 Å². The summed E-state index contributed by atoms with van der Waals surface area (Å²) in [4.78, 5) is 11.6. The number of rotatable bonds is 5. The van der Waals surface area contributed by atoms with E-state index >= 15 is 0 Å². The van der Waals surface area contributed by atoms with Gasteiger partial charge in [-0.2, -0.15) is 5.10 Å². The summed E-state index contributed by atoms with van der Waals surface area (Å²) in [5.41, 5.74) is 0.794. The molecule has 2 heterocycles. The Bertz CT molecular complexity index is 383. The Hall–Kier alpha value is -1.36. The Labute approximate surface area is 108 Å². The zero-order valence-corrected chi connectivity index (χ0v) is 10.9. The quantitative estimate of drug-likeness (QED) is 0.874. The first-order valence-electron chi connectivity index (χ1n) is 6.71. The van der Waals surface area contributed by atoms with Crippen molar-refractivity contribution in [3.8, 4) is 0 Å². The van der Waals surface area contributed by atoms with Crippen LogP contribution in [0.1, 0.15) is 45.1 Å². The molecule has 1 aliphatic heterocycles. The van der Waals surface area contributed by atoms with Crippen molar-refractivity contribution in [3.05, 3.63) is 12.4 Å². The fourth-order valence-electron chi connectivity index (χ4n) is 2.11. The first kappa shape index (κ1) is 13.1. The predicted molar refractivity (Wildman–Crippen MR) is 69.5 cm³/mol. The number of nitrogens with one attached hydrogen (secondary N) is 1. The number of hydrogen-bond acceptors (Lipinski definition) is 3. The molecule has 1 fully saturated rings. The van der Waals surface area contributed by atoms with Gasteiger partial charge in [0.25, 0.3) is 0 Å². The molecule has 1 N–H and O–H groups in total. The van der Waals surface area contributed by atoms with Gasteiger partial charge in [0.1, 0.15) is 0 Å². The SMILES string of the molecule is CCCCC(=O)Nc1cnn(C2CCOCC2)c1. The van der Waals surface area contributed by atoms with Gasteiger partial charge in [-0.1, -0.05) is 13.3 Å². The van der Waals surface area contributed by atoms with E-state index in [-0.39, 0.29) is 5.91 Å². The van der Waals surface area contributed by atoms with E-state index in [1.54, 1.807) is 6.20 Å². The molecule has 1 aliphatic rings. The highest BCUT2D eigenvalue weighted by Gasteiger charge is 2.16. The maximum absolute atomic E-state index is 11.6. The Balaban J connectivity index is 1.87. The lowest BCUT2D eigenvalue weighted by Crippen LogP contribution is -2.19. The van der Waals surface area contributed by atoms with Crippen molar-refractivity contribution in [2.75, 3.05) is 18.5 Å². The summed E-state index contributed by atoms with van der Waals surface area (Å²) in [6.07, 6.45) is 8.17. The maximum atomic E-state index is 11.6. The topological polar surface area (TPSA) is 56.2 Å². The summed E-state index contributed by atoms with van der Waals surface area (Å²) in [7, 11) is 0. The van der Waals surface area contributed by atoms with Crippen molar-refractivity contribution in [2.45, 2.75) is 45.1 Å². The van der Waals surface area contributed by atoms with Gasteiger partial charge in [-0.05, 0) is 19.3 Å². The van der Waals surface area contributed by atoms with Crippen LogP contribution in [-0.2, 0) is 9.53 Å². The molecule has 0 aromatic carbocycles. The first-order valence-corrected chi connectivity index (χ1v) is 6.71. The van der Waals surface area contributed by atoms with E-state index in [0.29, 0.717) is 12.5 Å². The summed E-state index contributed by atoms with van der Waals surface area (Å²) < 4.78 is 7.27. The highest BCUT2D eigenvalue weighted by atomic mass is 16.5. The van der Waals surface area contributed by atoms with Crippen LogP contribution >= 0.6 is 0 Å². The van der Waals surface area contributed by atoms with Crippen LogP contribution in [0, 0.1) is 0 Å². The van der Waals surface area contributed by atoms with Crippen molar-refractivity contribution in [3.63, 3.8) is 0 Å². The predicted octanol–water partition coefficient (Wildman–Crippen LogP) is 2.36. The van der Waals surface area contributed by atoms with Gasteiger partial charge in [-0.15, -0.1) is 0 Å². The van der Waals surface area contributed by atoms with Crippen LogP contribution in [0.2, 0.25) is 0 Å². The summed E-state index contributed by atoms with van der Waals surface area (Å²) >= 11 is 0. The summed E-state index contributed by atoms with van der Waals surface area (Å²) in [5.74, 6) is 0.0726. The number of ether oxygens (including phenoxy) is 1. The lowest BCUT2D eigenvalue weighted by Gasteiger charge is -2.22. The fourth-order valence-corrected chi connectivity index (χ4v) is 2.11. The minimum atomic E-state index is 0.0726. The number of carbonyl (C=O) groups excluding carboxylic acids is 1. The molecule has 1 aromatic heterocycles. The molecule has 100 valence electrons. The summed E-state index contributed by atoms with van der Waals surface area (Å²) in [5, 5.41) is 7.20. The average molecular weight is 251 g/mol. The largest absolute Gasteiger partial charge is 0.381 e. The molecule has 5 nitrogen and oxygen atoms in total. The van der Waals surface area contributed by atoms with Gasteiger partial charge in [0, 0.05) is 25.8 Å². The van der Waals surface area contributed by atoms with Crippen molar-refractivity contribution in [1.82, 2.24) is 9.78 Å². The number of hydrogen-bond donors (Lipinski definition) is 1. The van der Waals surface area contributed by atoms with Crippen molar-refractivity contribution < 1.29 is 9.53 Å². The Morgan fingerprint density at radius 1 is 1.56 bits per heavy atom. The molecule has 0 unspecified atom stereocenters. The van der Waals surface area contributed by atoms with Gasteiger partial charge in [0.05, 0.1) is 17.9 Å². The Kier molecular flexibility index (Phi) is 4.75. The molecule has 18 heavy (non-hydrogen) atoms. The fraction of sp³-hybridized carbons (Fsp3) is 0.692. The minimum Gasteiger partial charge on any atom is -0.381 e. The van der Waals surface area contributed by atoms with Crippen LogP contribution in [0.4, 0.5) is 5.69 Å². The van der Waals surface area contributed by atoms with Gasteiger partial charge >= 0.3 is 0 Å². The third-order valence-corrected chi connectivity index (χ3v) is 3.21. The Morgan fingerprint density at radius 3 is 3.06 bits per heavy atom. The lowest BCUT2D eigenvalue weighted by atomic mass is 10.1. The van der Waals surface area contributed by atoms with Gasteiger partial charge in [-0.3, -0.25) is 9.48 Å². The van der Waals surface area contributed by atoms with Crippen molar-refractivity contribution >= 4 is 11.6 Å². The second-order valence-corrected chi connectivity index (χ2v) is 4.70. The molecule has 1 amide bonds. The smallest absolute Gasteiger partial charge is 0.224 e. The molecule has 0 radical (unpaired) electrons. The van der Waals surface area contributed by atoms with Crippen molar-refractivity contribution in [1.29, 1.82) is 0 Å². The zero-order valence-electron chi connectivity index (χ0n) is 10.9. The van der Waals surface area contributed by atoms with Crippen LogP contribution in [0.3, 0.4) is 0 Å². The van der Waals surface area contributed by atoms with Gasteiger partial charge in [0.2, 0.25) is 5.91 Å². The third-order valence-electron chi connectivity index (χ3n) is 3.21.